The molecule has 3 aromatic rings. The lowest BCUT2D eigenvalue weighted by atomic mass is 9.87. The number of rotatable bonds is 10. The van der Waals surface area contributed by atoms with Crippen molar-refractivity contribution in [1.29, 1.82) is 0 Å². The summed E-state index contributed by atoms with van der Waals surface area (Å²) in [6, 6.07) is 9.45. The quantitative estimate of drug-likeness (QED) is 0.381. The molecule has 3 heterocycles. The first kappa shape index (κ1) is 26.5. The van der Waals surface area contributed by atoms with Gasteiger partial charge in [0.25, 0.3) is 0 Å². The largest absolute Gasteiger partial charge is 0.490 e. The van der Waals surface area contributed by atoms with Crippen LogP contribution in [0.3, 0.4) is 0 Å². The number of piperidine rings is 1. The first-order chi connectivity index (χ1) is 19.1. The van der Waals surface area contributed by atoms with E-state index in [-0.39, 0.29) is 18.1 Å². The molecule has 39 heavy (non-hydrogen) atoms. The molecule has 1 unspecified atom stereocenters. The Morgan fingerprint density at radius 3 is 2.64 bits per heavy atom. The van der Waals surface area contributed by atoms with Crippen molar-refractivity contribution in [3.05, 3.63) is 48.9 Å². The number of benzene rings is 1. The summed E-state index contributed by atoms with van der Waals surface area (Å²) < 4.78 is 18.0. The first-order valence-corrected chi connectivity index (χ1v) is 13.5. The molecular weight excluding hydrogens is 500 g/mol. The van der Waals surface area contributed by atoms with Gasteiger partial charge in [-0.25, -0.2) is 9.97 Å². The molecule has 206 valence electrons. The van der Waals surface area contributed by atoms with Gasteiger partial charge in [-0.15, -0.1) is 0 Å². The Morgan fingerprint density at radius 2 is 1.85 bits per heavy atom. The molecule has 2 aliphatic rings. The number of carboxylic acids is 1. The maximum absolute atomic E-state index is 11.2. The third-order valence-corrected chi connectivity index (χ3v) is 6.95. The summed E-state index contributed by atoms with van der Waals surface area (Å²) in [6.07, 6.45) is 9.46. The van der Waals surface area contributed by atoms with Crippen LogP contribution in [0.2, 0.25) is 0 Å². The van der Waals surface area contributed by atoms with E-state index in [1.807, 2.05) is 31.2 Å². The van der Waals surface area contributed by atoms with Crippen LogP contribution in [0.25, 0.3) is 0 Å². The van der Waals surface area contributed by atoms with Gasteiger partial charge in [0.2, 0.25) is 11.8 Å². The summed E-state index contributed by atoms with van der Waals surface area (Å²) in [5.74, 6) is 2.55. The Balaban J connectivity index is 1.19. The molecule has 11 heteroatoms. The van der Waals surface area contributed by atoms with Crippen LogP contribution in [0.4, 0.5) is 17.6 Å². The lowest BCUT2D eigenvalue weighted by Crippen LogP contribution is -2.41. The van der Waals surface area contributed by atoms with E-state index in [1.165, 1.54) is 0 Å². The van der Waals surface area contributed by atoms with Crippen molar-refractivity contribution in [2.45, 2.75) is 57.7 Å². The second kappa shape index (κ2) is 12.6. The summed E-state index contributed by atoms with van der Waals surface area (Å²) in [4.78, 5) is 31.2. The summed E-state index contributed by atoms with van der Waals surface area (Å²) in [5.41, 5.74) is 0. The molecule has 11 nitrogen and oxygen atoms in total. The third kappa shape index (κ3) is 7.04. The maximum atomic E-state index is 11.2. The molecule has 0 spiro atoms. The van der Waals surface area contributed by atoms with Crippen LogP contribution in [0, 0.1) is 5.92 Å². The molecule has 5 rings (SSSR count). The average Bonchev–Trinajstić information content (AvgIpc) is 2.95. The fraction of sp³-hybridized carbons (Fsp3) is 0.464. The highest BCUT2D eigenvalue weighted by molar-refractivity contribution is 5.70. The van der Waals surface area contributed by atoms with Crippen molar-refractivity contribution in [2.75, 3.05) is 29.9 Å². The zero-order valence-electron chi connectivity index (χ0n) is 22.0. The van der Waals surface area contributed by atoms with Crippen LogP contribution in [-0.4, -0.2) is 62.9 Å². The summed E-state index contributed by atoms with van der Waals surface area (Å²) in [5, 5.41) is 12.3. The van der Waals surface area contributed by atoms with Gasteiger partial charge in [0.15, 0.2) is 17.3 Å². The highest BCUT2D eigenvalue weighted by Gasteiger charge is 2.27. The van der Waals surface area contributed by atoms with Crippen molar-refractivity contribution < 1.29 is 24.1 Å². The van der Waals surface area contributed by atoms with Crippen LogP contribution in [0.15, 0.2) is 48.9 Å². The molecule has 0 amide bonds. The molecule has 1 aromatic carbocycles. The standard InChI is InChI=1S/C28H34N6O5/c1-2-37-22-7-3-4-8-23(22)38-21-6-5-15-34(18-21)25-17-29-16-24(31-25)32-28-30-14-13-26(33-28)39-20-11-9-19(10-12-20)27(35)36/h3-4,7-8,13-14,16-17,19-21H,2,5-6,9-12,15,18H2,1H3,(H,35,36)(H,30,31,32,33). The Kier molecular flexibility index (Phi) is 8.55. The topological polar surface area (TPSA) is 132 Å². The van der Waals surface area contributed by atoms with Gasteiger partial charge in [-0.3, -0.25) is 9.78 Å². The fourth-order valence-electron chi connectivity index (χ4n) is 4.99. The van der Waals surface area contributed by atoms with E-state index < -0.39 is 5.97 Å². The van der Waals surface area contributed by atoms with Gasteiger partial charge in [-0.2, -0.15) is 4.98 Å². The van der Waals surface area contributed by atoms with Crippen molar-refractivity contribution >= 4 is 23.6 Å². The van der Waals surface area contributed by atoms with Crippen LogP contribution < -0.4 is 24.4 Å². The minimum atomic E-state index is -0.732. The van der Waals surface area contributed by atoms with E-state index >= 15 is 0 Å². The number of nitrogens with zero attached hydrogens (tertiary/aromatic N) is 5. The molecule has 1 aliphatic carbocycles. The van der Waals surface area contributed by atoms with E-state index in [9.17, 15) is 9.90 Å². The van der Waals surface area contributed by atoms with Gasteiger partial charge >= 0.3 is 5.97 Å². The molecule has 2 aromatic heterocycles. The van der Waals surface area contributed by atoms with Gasteiger partial charge in [0.05, 0.1) is 31.5 Å². The van der Waals surface area contributed by atoms with E-state index in [0.29, 0.717) is 56.5 Å². The monoisotopic (exact) mass is 534 g/mol. The van der Waals surface area contributed by atoms with Crippen molar-refractivity contribution in [2.24, 2.45) is 5.92 Å². The number of para-hydroxylation sites is 2. The van der Waals surface area contributed by atoms with Crippen LogP contribution in [0.5, 0.6) is 17.4 Å². The number of anilines is 3. The van der Waals surface area contributed by atoms with Crippen molar-refractivity contribution in [3.8, 4) is 17.4 Å². The van der Waals surface area contributed by atoms with Gasteiger partial charge in [0, 0.05) is 18.8 Å². The molecule has 0 bridgehead atoms. The van der Waals surface area contributed by atoms with Crippen LogP contribution in [-0.2, 0) is 4.79 Å². The second-order valence-corrected chi connectivity index (χ2v) is 9.74. The van der Waals surface area contributed by atoms with Gasteiger partial charge in [-0.1, -0.05) is 12.1 Å². The minimum absolute atomic E-state index is 0.00139. The number of hydrogen-bond donors (Lipinski definition) is 2. The number of carboxylic acid groups (broad SMARTS) is 1. The average molecular weight is 535 g/mol. The fourth-order valence-corrected chi connectivity index (χ4v) is 4.99. The number of carbonyl (C=O) groups is 1. The Morgan fingerprint density at radius 1 is 1.03 bits per heavy atom. The normalized spacial score (nSPS) is 21.2. The molecule has 1 saturated carbocycles. The van der Waals surface area contributed by atoms with Crippen molar-refractivity contribution in [1.82, 2.24) is 19.9 Å². The number of ether oxygens (including phenoxy) is 3. The van der Waals surface area contributed by atoms with Crippen LogP contribution in [0.1, 0.15) is 45.4 Å². The number of aromatic nitrogens is 4. The highest BCUT2D eigenvalue weighted by atomic mass is 16.5. The van der Waals surface area contributed by atoms with E-state index in [2.05, 4.69) is 25.2 Å². The molecule has 0 radical (unpaired) electrons. The molecular formula is C28H34N6O5. The number of nitrogens with one attached hydrogen (secondary N) is 1. The molecule has 1 atom stereocenters. The van der Waals surface area contributed by atoms with Gasteiger partial charge in [0.1, 0.15) is 18.0 Å². The zero-order valence-corrected chi connectivity index (χ0v) is 22.0. The van der Waals surface area contributed by atoms with Gasteiger partial charge in [-0.05, 0) is 57.6 Å². The number of aliphatic carboxylic acids is 1. The number of hydrogen-bond acceptors (Lipinski definition) is 10. The Bertz CT molecular complexity index is 1250. The Hall–Kier alpha value is -4.15. The van der Waals surface area contributed by atoms with E-state index in [4.69, 9.17) is 19.2 Å². The lowest BCUT2D eigenvalue weighted by molar-refractivity contribution is -0.143. The molecule has 2 N–H and O–H groups in total. The summed E-state index contributed by atoms with van der Waals surface area (Å²) in [6.45, 7) is 4.08. The van der Waals surface area contributed by atoms with Crippen molar-refractivity contribution in [3.63, 3.8) is 0 Å². The second-order valence-electron chi connectivity index (χ2n) is 9.74. The molecule has 2 fully saturated rings. The summed E-state index contributed by atoms with van der Waals surface area (Å²) >= 11 is 0. The third-order valence-electron chi connectivity index (χ3n) is 6.95. The molecule has 1 aliphatic heterocycles. The SMILES string of the molecule is CCOc1ccccc1OC1CCCN(c2cncc(Nc3nccc(OC4CCC(C(=O)O)CC4)n3)n2)C1. The van der Waals surface area contributed by atoms with Crippen LogP contribution >= 0.6 is 0 Å². The highest BCUT2D eigenvalue weighted by Crippen LogP contribution is 2.30. The maximum Gasteiger partial charge on any atom is 0.306 e. The zero-order chi connectivity index (χ0) is 27.0. The summed E-state index contributed by atoms with van der Waals surface area (Å²) in [7, 11) is 0. The predicted molar refractivity (Wildman–Crippen MR) is 145 cm³/mol. The van der Waals surface area contributed by atoms with E-state index in [0.717, 1.165) is 36.7 Å². The Labute approximate surface area is 227 Å². The lowest BCUT2D eigenvalue weighted by Gasteiger charge is -2.33. The minimum Gasteiger partial charge on any atom is -0.490 e. The smallest absolute Gasteiger partial charge is 0.306 e. The predicted octanol–water partition coefficient (Wildman–Crippen LogP) is 4.48. The first-order valence-electron chi connectivity index (χ1n) is 13.5. The van der Waals surface area contributed by atoms with Gasteiger partial charge < -0.3 is 29.5 Å². The molecule has 1 saturated heterocycles. The van der Waals surface area contributed by atoms with E-state index in [1.54, 1.807) is 24.7 Å².